The first kappa shape index (κ1) is 13.7. The number of hydrogen-bond donors (Lipinski definition) is 1. The molecule has 0 radical (unpaired) electrons. The summed E-state index contributed by atoms with van der Waals surface area (Å²) in [6.45, 7) is 4.09. The van der Waals surface area contributed by atoms with Crippen molar-refractivity contribution in [2.45, 2.75) is 31.8 Å². The van der Waals surface area contributed by atoms with Crippen LogP contribution in [0.2, 0.25) is 0 Å². The third kappa shape index (κ3) is 3.39. The molecule has 19 heavy (non-hydrogen) atoms. The van der Waals surface area contributed by atoms with Crippen LogP contribution in [0.5, 0.6) is 5.75 Å². The van der Waals surface area contributed by atoms with Crippen LogP contribution in [0.25, 0.3) is 0 Å². The Balaban J connectivity index is 2.15. The Morgan fingerprint density at radius 1 is 1.42 bits per heavy atom. The van der Waals surface area contributed by atoms with Gasteiger partial charge < -0.3 is 15.0 Å². The van der Waals surface area contributed by atoms with Crippen LogP contribution in [0, 0.1) is 11.3 Å². The summed E-state index contributed by atoms with van der Waals surface area (Å²) < 4.78 is 5.19. The van der Waals surface area contributed by atoms with E-state index >= 15 is 0 Å². The van der Waals surface area contributed by atoms with Crippen LogP contribution in [-0.2, 0) is 0 Å². The van der Waals surface area contributed by atoms with Gasteiger partial charge in [0.05, 0.1) is 19.6 Å². The Bertz CT molecular complexity index is 438. The molecule has 1 N–H and O–H groups in total. The molecule has 0 spiro atoms. The summed E-state index contributed by atoms with van der Waals surface area (Å²) in [5.41, 5.74) is 1.19. The molecule has 2 unspecified atom stereocenters. The molecule has 0 saturated carbocycles. The predicted octanol–water partition coefficient (Wildman–Crippen LogP) is 2.17. The average molecular weight is 259 g/mol. The Kier molecular flexibility index (Phi) is 4.64. The minimum atomic E-state index is 0.247. The van der Waals surface area contributed by atoms with E-state index in [0.717, 1.165) is 25.3 Å². The fourth-order valence-corrected chi connectivity index (χ4v) is 2.51. The first-order chi connectivity index (χ1) is 9.24. The van der Waals surface area contributed by atoms with E-state index in [1.54, 1.807) is 7.11 Å². The second-order valence-electron chi connectivity index (χ2n) is 5.00. The first-order valence-electron chi connectivity index (χ1n) is 6.75. The highest BCUT2D eigenvalue weighted by molar-refractivity contribution is 5.50. The number of nitrogens with one attached hydrogen (secondary N) is 1. The van der Waals surface area contributed by atoms with E-state index in [4.69, 9.17) is 10.00 Å². The van der Waals surface area contributed by atoms with Crippen molar-refractivity contribution in [1.29, 1.82) is 5.26 Å². The van der Waals surface area contributed by atoms with Gasteiger partial charge in [-0.05, 0) is 44.2 Å². The normalized spacial score (nSPS) is 23.5. The highest BCUT2D eigenvalue weighted by Gasteiger charge is 2.22. The maximum absolute atomic E-state index is 8.88. The van der Waals surface area contributed by atoms with Crippen LogP contribution in [0.4, 0.5) is 5.69 Å². The van der Waals surface area contributed by atoms with Gasteiger partial charge in [-0.2, -0.15) is 5.26 Å². The second-order valence-corrected chi connectivity index (χ2v) is 5.00. The van der Waals surface area contributed by atoms with Gasteiger partial charge in [-0.25, -0.2) is 0 Å². The quantitative estimate of drug-likeness (QED) is 0.903. The summed E-state index contributed by atoms with van der Waals surface area (Å²) >= 11 is 0. The van der Waals surface area contributed by atoms with Gasteiger partial charge in [0, 0.05) is 24.3 Å². The van der Waals surface area contributed by atoms with Crippen LogP contribution < -0.4 is 15.0 Å². The first-order valence-corrected chi connectivity index (χ1v) is 6.75. The standard InChI is InChI=1S/C15H21N3O/c1-12-8-10-17-13(7-9-16)11-18(12)14-3-5-15(19-2)6-4-14/h3-6,12-13,17H,7-8,10-11H2,1-2H3. The number of hydrogen-bond acceptors (Lipinski definition) is 4. The summed E-state index contributed by atoms with van der Waals surface area (Å²) in [6, 6.07) is 11.1. The molecule has 1 fully saturated rings. The summed E-state index contributed by atoms with van der Waals surface area (Å²) in [7, 11) is 1.68. The molecule has 1 saturated heterocycles. The largest absolute Gasteiger partial charge is 0.497 e. The lowest BCUT2D eigenvalue weighted by molar-refractivity contribution is 0.414. The lowest BCUT2D eigenvalue weighted by Gasteiger charge is -2.31. The molecule has 4 heteroatoms. The highest BCUT2D eigenvalue weighted by Crippen LogP contribution is 2.23. The van der Waals surface area contributed by atoms with Gasteiger partial charge in [0.15, 0.2) is 0 Å². The minimum absolute atomic E-state index is 0.247. The zero-order valence-corrected chi connectivity index (χ0v) is 11.6. The second kappa shape index (κ2) is 6.44. The van der Waals surface area contributed by atoms with E-state index in [2.05, 4.69) is 35.3 Å². The van der Waals surface area contributed by atoms with E-state index in [-0.39, 0.29) is 6.04 Å². The minimum Gasteiger partial charge on any atom is -0.497 e. The number of nitriles is 1. The van der Waals surface area contributed by atoms with Crippen LogP contribution in [-0.4, -0.2) is 32.3 Å². The molecule has 1 aliphatic rings. The number of methoxy groups -OCH3 is 1. The average Bonchev–Trinajstić information content (AvgIpc) is 2.62. The molecule has 2 atom stereocenters. The lowest BCUT2D eigenvalue weighted by Crippen LogP contribution is -2.40. The van der Waals surface area contributed by atoms with Gasteiger partial charge in [0.1, 0.15) is 5.75 Å². The SMILES string of the molecule is COc1ccc(N2CC(CC#N)NCCC2C)cc1. The third-order valence-corrected chi connectivity index (χ3v) is 3.69. The van der Waals surface area contributed by atoms with E-state index in [0.29, 0.717) is 12.5 Å². The fraction of sp³-hybridized carbons (Fsp3) is 0.533. The smallest absolute Gasteiger partial charge is 0.119 e. The van der Waals surface area contributed by atoms with Crippen molar-refractivity contribution in [3.63, 3.8) is 0 Å². The molecule has 1 heterocycles. The van der Waals surface area contributed by atoms with Crippen molar-refractivity contribution < 1.29 is 4.74 Å². The van der Waals surface area contributed by atoms with E-state index < -0.39 is 0 Å². The van der Waals surface area contributed by atoms with Gasteiger partial charge in [0.25, 0.3) is 0 Å². The molecule has 1 aliphatic heterocycles. The van der Waals surface area contributed by atoms with Crippen LogP contribution in [0.15, 0.2) is 24.3 Å². The van der Waals surface area contributed by atoms with Gasteiger partial charge >= 0.3 is 0 Å². The van der Waals surface area contributed by atoms with Crippen molar-refractivity contribution in [2.75, 3.05) is 25.1 Å². The molecular formula is C15H21N3O. The number of nitrogens with zero attached hydrogens (tertiary/aromatic N) is 2. The van der Waals surface area contributed by atoms with Crippen molar-refractivity contribution in [1.82, 2.24) is 5.32 Å². The van der Waals surface area contributed by atoms with Crippen LogP contribution in [0.3, 0.4) is 0 Å². The zero-order valence-electron chi connectivity index (χ0n) is 11.6. The number of rotatable bonds is 3. The molecule has 0 bridgehead atoms. The monoisotopic (exact) mass is 259 g/mol. The van der Waals surface area contributed by atoms with Gasteiger partial charge in [-0.15, -0.1) is 0 Å². The van der Waals surface area contributed by atoms with Crippen LogP contribution in [0.1, 0.15) is 19.8 Å². The molecule has 1 aromatic rings. The van der Waals surface area contributed by atoms with Crippen molar-refractivity contribution in [3.05, 3.63) is 24.3 Å². The van der Waals surface area contributed by atoms with E-state index in [1.807, 2.05) is 12.1 Å². The van der Waals surface area contributed by atoms with Crippen molar-refractivity contribution in [3.8, 4) is 11.8 Å². The predicted molar refractivity (Wildman–Crippen MR) is 76.4 cm³/mol. The molecule has 4 nitrogen and oxygen atoms in total. The van der Waals surface area contributed by atoms with Crippen molar-refractivity contribution in [2.24, 2.45) is 0 Å². The lowest BCUT2D eigenvalue weighted by atomic mass is 10.1. The topological polar surface area (TPSA) is 48.3 Å². The van der Waals surface area contributed by atoms with E-state index in [9.17, 15) is 0 Å². The molecule has 102 valence electrons. The van der Waals surface area contributed by atoms with E-state index in [1.165, 1.54) is 5.69 Å². The van der Waals surface area contributed by atoms with Crippen molar-refractivity contribution >= 4 is 5.69 Å². The Hall–Kier alpha value is -1.73. The number of anilines is 1. The molecule has 0 amide bonds. The molecule has 0 aliphatic carbocycles. The summed E-state index contributed by atoms with van der Waals surface area (Å²) in [5, 5.41) is 12.3. The summed E-state index contributed by atoms with van der Waals surface area (Å²) in [4.78, 5) is 2.38. The summed E-state index contributed by atoms with van der Waals surface area (Å²) in [5.74, 6) is 0.873. The third-order valence-electron chi connectivity index (χ3n) is 3.69. The van der Waals surface area contributed by atoms with Gasteiger partial charge in [-0.3, -0.25) is 0 Å². The number of benzene rings is 1. The molecular weight excluding hydrogens is 238 g/mol. The van der Waals surface area contributed by atoms with Gasteiger partial charge in [0.2, 0.25) is 0 Å². The molecule has 0 aromatic heterocycles. The maximum atomic E-state index is 8.88. The molecule has 1 aromatic carbocycles. The van der Waals surface area contributed by atoms with Crippen LogP contribution >= 0.6 is 0 Å². The maximum Gasteiger partial charge on any atom is 0.119 e. The Morgan fingerprint density at radius 2 is 2.16 bits per heavy atom. The fourth-order valence-electron chi connectivity index (χ4n) is 2.51. The summed E-state index contributed by atoms with van der Waals surface area (Å²) in [6.07, 6.45) is 1.65. The Morgan fingerprint density at radius 3 is 2.79 bits per heavy atom. The zero-order chi connectivity index (χ0) is 13.7. The Labute approximate surface area is 115 Å². The van der Waals surface area contributed by atoms with Gasteiger partial charge in [-0.1, -0.05) is 0 Å². The highest BCUT2D eigenvalue weighted by atomic mass is 16.5. The molecule has 2 rings (SSSR count). The number of ether oxygens (including phenoxy) is 1.